The van der Waals surface area contributed by atoms with Gasteiger partial charge in [-0.25, -0.2) is 0 Å². The van der Waals surface area contributed by atoms with Crippen molar-refractivity contribution in [1.82, 2.24) is 0 Å². The molecule has 20 heavy (non-hydrogen) atoms. The van der Waals surface area contributed by atoms with Gasteiger partial charge < -0.3 is 15.2 Å². The van der Waals surface area contributed by atoms with Gasteiger partial charge in [-0.1, -0.05) is 25.4 Å². The van der Waals surface area contributed by atoms with Crippen LogP contribution in [0.1, 0.15) is 44.7 Å². The lowest BCUT2D eigenvalue weighted by Crippen LogP contribution is -2.50. The molecule has 3 atom stereocenters. The van der Waals surface area contributed by atoms with E-state index in [1.54, 1.807) is 0 Å². The van der Waals surface area contributed by atoms with Crippen LogP contribution in [-0.2, 0) is 4.74 Å². The van der Waals surface area contributed by atoms with Gasteiger partial charge in [0.25, 0.3) is 0 Å². The van der Waals surface area contributed by atoms with Crippen molar-refractivity contribution in [2.75, 3.05) is 6.61 Å². The zero-order valence-electron chi connectivity index (χ0n) is 12.1. The maximum absolute atomic E-state index is 6.36. The predicted octanol–water partition coefficient (Wildman–Crippen LogP) is 3.70. The van der Waals surface area contributed by atoms with Crippen molar-refractivity contribution in [2.24, 2.45) is 11.7 Å². The lowest BCUT2D eigenvalue weighted by molar-refractivity contribution is -0.115. The Bertz CT molecular complexity index is 505. The van der Waals surface area contributed by atoms with Gasteiger partial charge in [0.1, 0.15) is 11.4 Å². The minimum atomic E-state index is -0.173. The average molecular weight is 296 g/mol. The molecule has 0 amide bonds. The van der Waals surface area contributed by atoms with Crippen LogP contribution in [0.2, 0.25) is 5.02 Å². The highest BCUT2D eigenvalue weighted by atomic mass is 35.5. The average Bonchev–Trinajstić information content (AvgIpc) is 2.40. The molecule has 3 rings (SSSR count). The Balaban J connectivity index is 1.88. The van der Waals surface area contributed by atoms with Gasteiger partial charge in [0.15, 0.2) is 0 Å². The van der Waals surface area contributed by atoms with Crippen LogP contribution in [0.15, 0.2) is 18.2 Å². The standard InChI is InChI=1S/C16H22ClNO2/c1-10(2)15-9-16(5-6-19-15)8-13(18)12-7-11(17)3-4-14(12)20-16/h3-4,7,10,13,15H,5-6,8-9,18H2,1-2H3. The molecule has 1 saturated heterocycles. The van der Waals surface area contributed by atoms with Crippen molar-refractivity contribution in [3.05, 3.63) is 28.8 Å². The smallest absolute Gasteiger partial charge is 0.125 e. The number of halogens is 1. The fourth-order valence-corrected chi connectivity index (χ4v) is 3.50. The van der Waals surface area contributed by atoms with Crippen LogP contribution in [0.5, 0.6) is 5.75 Å². The summed E-state index contributed by atoms with van der Waals surface area (Å²) >= 11 is 6.05. The molecule has 0 aliphatic carbocycles. The third kappa shape index (κ3) is 2.54. The topological polar surface area (TPSA) is 44.5 Å². The first-order chi connectivity index (χ1) is 9.49. The van der Waals surface area contributed by atoms with Crippen LogP contribution in [0.3, 0.4) is 0 Å². The Morgan fingerprint density at radius 3 is 2.90 bits per heavy atom. The lowest BCUT2D eigenvalue weighted by Gasteiger charge is -2.46. The van der Waals surface area contributed by atoms with E-state index in [1.807, 2.05) is 18.2 Å². The highest BCUT2D eigenvalue weighted by Gasteiger charge is 2.44. The predicted molar refractivity (Wildman–Crippen MR) is 80.2 cm³/mol. The molecule has 2 aliphatic rings. The largest absolute Gasteiger partial charge is 0.487 e. The van der Waals surface area contributed by atoms with Gasteiger partial charge in [0.05, 0.1) is 12.7 Å². The van der Waals surface area contributed by atoms with E-state index < -0.39 is 0 Å². The Labute approximate surface area is 125 Å². The van der Waals surface area contributed by atoms with E-state index >= 15 is 0 Å². The van der Waals surface area contributed by atoms with Crippen LogP contribution >= 0.6 is 11.6 Å². The van der Waals surface area contributed by atoms with Gasteiger partial charge in [0.2, 0.25) is 0 Å². The summed E-state index contributed by atoms with van der Waals surface area (Å²) in [4.78, 5) is 0. The Kier molecular flexibility index (Phi) is 3.69. The van der Waals surface area contributed by atoms with E-state index in [0.29, 0.717) is 10.9 Å². The summed E-state index contributed by atoms with van der Waals surface area (Å²) in [5.41, 5.74) is 7.21. The monoisotopic (exact) mass is 295 g/mol. The minimum Gasteiger partial charge on any atom is -0.487 e. The van der Waals surface area contributed by atoms with Crippen LogP contribution < -0.4 is 10.5 Å². The molecule has 3 nitrogen and oxygen atoms in total. The molecule has 1 fully saturated rings. The van der Waals surface area contributed by atoms with Crippen LogP contribution in [0.4, 0.5) is 0 Å². The van der Waals surface area contributed by atoms with Crippen molar-refractivity contribution in [3.63, 3.8) is 0 Å². The molecule has 2 aliphatic heterocycles. The summed E-state index contributed by atoms with van der Waals surface area (Å²) in [7, 11) is 0. The number of hydrogen-bond donors (Lipinski definition) is 1. The molecule has 2 heterocycles. The van der Waals surface area contributed by atoms with Crippen molar-refractivity contribution in [3.8, 4) is 5.75 Å². The first-order valence-electron chi connectivity index (χ1n) is 7.35. The molecule has 110 valence electrons. The van der Waals surface area contributed by atoms with Crippen LogP contribution in [-0.4, -0.2) is 18.3 Å². The molecule has 4 heteroatoms. The highest BCUT2D eigenvalue weighted by molar-refractivity contribution is 6.30. The molecule has 0 aromatic heterocycles. The van der Waals surface area contributed by atoms with Gasteiger partial charge in [-0.05, 0) is 24.1 Å². The summed E-state index contributed by atoms with van der Waals surface area (Å²) in [6.45, 7) is 5.14. The molecule has 1 aromatic rings. The first kappa shape index (κ1) is 14.2. The molecule has 0 saturated carbocycles. The van der Waals surface area contributed by atoms with E-state index in [0.717, 1.165) is 37.2 Å². The molecule has 0 radical (unpaired) electrons. The van der Waals surface area contributed by atoms with Gasteiger partial charge in [-0.3, -0.25) is 0 Å². The van der Waals surface area contributed by atoms with E-state index in [4.69, 9.17) is 26.8 Å². The summed E-state index contributed by atoms with van der Waals surface area (Å²) < 4.78 is 12.2. The maximum Gasteiger partial charge on any atom is 0.125 e. The normalized spacial score (nSPS) is 33.0. The second-order valence-corrected chi connectivity index (χ2v) is 6.82. The second kappa shape index (κ2) is 5.21. The van der Waals surface area contributed by atoms with E-state index in [1.165, 1.54) is 0 Å². The van der Waals surface area contributed by atoms with Crippen molar-refractivity contribution >= 4 is 11.6 Å². The summed E-state index contributed by atoms with van der Waals surface area (Å²) in [5, 5.41) is 0.714. The molecule has 0 bridgehead atoms. The molecule has 1 aromatic carbocycles. The summed E-state index contributed by atoms with van der Waals surface area (Å²) in [5.74, 6) is 1.39. The third-order valence-corrected chi connectivity index (χ3v) is 4.73. The van der Waals surface area contributed by atoms with Gasteiger partial charge in [-0.2, -0.15) is 0 Å². The van der Waals surface area contributed by atoms with Crippen molar-refractivity contribution < 1.29 is 9.47 Å². The number of benzene rings is 1. The zero-order chi connectivity index (χ0) is 14.3. The van der Waals surface area contributed by atoms with E-state index in [9.17, 15) is 0 Å². The highest BCUT2D eigenvalue weighted by Crippen LogP contribution is 2.45. The molecular weight excluding hydrogens is 274 g/mol. The number of fused-ring (bicyclic) bond motifs is 1. The Hall–Kier alpha value is -0.770. The van der Waals surface area contributed by atoms with E-state index in [-0.39, 0.29) is 17.7 Å². The van der Waals surface area contributed by atoms with Crippen molar-refractivity contribution in [2.45, 2.75) is 50.9 Å². The Morgan fingerprint density at radius 1 is 1.35 bits per heavy atom. The van der Waals surface area contributed by atoms with E-state index in [2.05, 4.69) is 13.8 Å². The number of nitrogens with two attached hydrogens (primary N) is 1. The Morgan fingerprint density at radius 2 is 2.15 bits per heavy atom. The molecule has 2 N–H and O–H groups in total. The number of hydrogen-bond acceptors (Lipinski definition) is 3. The van der Waals surface area contributed by atoms with Gasteiger partial charge >= 0.3 is 0 Å². The molecule has 1 spiro atoms. The quantitative estimate of drug-likeness (QED) is 0.859. The van der Waals surface area contributed by atoms with Crippen LogP contribution in [0.25, 0.3) is 0 Å². The fourth-order valence-electron chi connectivity index (χ4n) is 3.32. The van der Waals surface area contributed by atoms with Gasteiger partial charge in [-0.15, -0.1) is 0 Å². The second-order valence-electron chi connectivity index (χ2n) is 6.39. The zero-order valence-corrected chi connectivity index (χ0v) is 12.8. The maximum atomic E-state index is 6.36. The van der Waals surface area contributed by atoms with Crippen LogP contribution in [0, 0.1) is 5.92 Å². The number of ether oxygens (including phenoxy) is 2. The van der Waals surface area contributed by atoms with Gasteiger partial charge in [0, 0.05) is 35.9 Å². The molecular formula is C16H22ClNO2. The van der Waals surface area contributed by atoms with Crippen molar-refractivity contribution in [1.29, 1.82) is 0 Å². The lowest BCUT2D eigenvalue weighted by atomic mass is 9.78. The third-order valence-electron chi connectivity index (χ3n) is 4.50. The SMILES string of the molecule is CC(C)C1CC2(CCO1)CC(N)c1cc(Cl)ccc1O2. The first-order valence-corrected chi connectivity index (χ1v) is 7.72. The fraction of sp³-hybridized carbons (Fsp3) is 0.625. The minimum absolute atomic E-state index is 0.0108. The summed E-state index contributed by atoms with van der Waals surface area (Å²) in [6.07, 6.45) is 2.92. The summed E-state index contributed by atoms with van der Waals surface area (Å²) in [6, 6.07) is 5.72. The number of rotatable bonds is 1. The molecule has 3 unspecified atom stereocenters.